The van der Waals surface area contributed by atoms with Crippen LogP contribution >= 0.6 is 23.2 Å². The van der Waals surface area contributed by atoms with Crippen molar-refractivity contribution in [3.8, 4) is 0 Å². The maximum Gasteiger partial charge on any atom is 0.242 e. The van der Waals surface area contributed by atoms with Crippen LogP contribution in [0.1, 0.15) is 70.6 Å². The largest absolute Gasteiger partial charge is 0.354 e. The lowest BCUT2D eigenvalue weighted by Crippen LogP contribution is -2.47. The number of carbonyl (C=O) groups is 2. The van der Waals surface area contributed by atoms with Gasteiger partial charge in [0.25, 0.3) is 0 Å². The Labute approximate surface area is 208 Å². The Morgan fingerprint density at radius 2 is 1.64 bits per heavy atom. The summed E-state index contributed by atoms with van der Waals surface area (Å²) in [5.74, 6) is -0.217. The van der Waals surface area contributed by atoms with Crippen LogP contribution in [-0.4, -0.2) is 29.3 Å². The van der Waals surface area contributed by atoms with E-state index >= 15 is 0 Å². The van der Waals surface area contributed by atoms with Crippen LogP contribution in [-0.2, 0) is 28.0 Å². The Morgan fingerprint density at radius 3 is 2.21 bits per heavy atom. The Morgan fingerprint density at radius 1 is 1.00 bits per heavy atom. The Balaban J connectivity index is 2.14. The van der Waals surface area contributed by atoms with Gasteiger partial charge < -0.3 is 10.2 Å². The van der Waals surface area contributed by atoms with Crippen molar-refractivity contribution in [3.63, 3.8) is 0 Å². The average Bonchev–Trinajstić information content (AvgIpc) is 2.77. The van der Waals surface area contributed by atoms with Crippen LogP contribution < -0.4 is 5.32 Å². The van der Waals surface area contributed by atoms with Gasteiger partial charge in [0, 0.05) is 19.5 Å². The van der Waals surface area contributed by atoms with E-state index < -0.39 is 6.04 Å². The molecule has 0 aliphatic rings. The maximum atomic E-state index is 13.3. The zero-order chi connectivity index (χ0) is 24.6. The molecule has 2 aromatic carbocycles. The van der Waals surface area contributed by atoms with Crippen molar-refractivity contribution in [2.45, 2.75) is 78.3 Å². The van der Waals surface area contributed by atoms with E-state index in [2.05, 4.69) is 57.3 Å². The van der Waals surface area contributed by atoms with E-state index in [0.29, 0.717) is 36.0 Å². The molecule has 0 radical (unpaired) electrons. The minimum Gasteiger partial charge on any atom is -0.354 e. The molecule has 2 amide bonds. The van der Waals surface area contributed by atoms with Crippen molar-refractivity contribution in [2.75, 3.05) is 6.54 Å². The molecule has 2 aromatic rings. The monoisotopic (exact) mass is 490 g/mol. The van der Waals surface area contributed by atoms with Gasteiger partial charge >= 0.3 is 0 Å². The van der Waals surface area contributed by atoms with Crippen LogP contribution in [0.3, 0.4) is 0 Å². The summed E-state index contributed by atoms with van der Waals surface area (Å²) in [5.41, 5.74) is 3.29. The molecule has 1 atom stereocenters. The number of rotatable bonds is 10. The van der Waals surface area contributed by atoms with E-state index in [4.69, 9.17) is 23.2 Å². The minimum absolute atomic E-state index is 0.0703. The zero-order valence-electron chi connectivity index (χ0n) is 20.4. The van der Waals surface area contributed by atoms with Crippen molar-refractivity contribution in [1.82, 2.24) is 10.2 Å². The first-order valence-corrected chi connectivity index (χ1v) is 12.4. The molecule has 0 spiro atoms. The Kier molecular flexibility index (Phi) is 10.2. The van der Waals surface area contributed by atoms with Crippen LogP contribution in [0, 0.1) is 0 Å². The first kappa shape index (κ1) is 27.2. The second kappa shape index (κ2) is 12.4. The highest BCUT2D eigenvalue weighted by Crippen LogP contribution is 2.25. The molecule has 0 fully saturated rings. The molecule has 0 bridgehead atoms. The number of halogens is 2. The number of nitrogens with one attached hydrogen (secondary N) is 1. The summed E-state index contributed by atoms with van der Waals surface area (Å²) in [6.45, 7) is 11.3. The van der Waals surface area contributed by atoms with E-state index in [1.807, 2.05) is 6.07 Å². The van der Waals surface area contributed by atoms with Gasteiger partial charge in [-0.25, -0.2) is 0 Å². The van der Waals surface area contributed by atoms with Crippen LogP contribution in [0.15, 0.2) is 42.5 Å². The van der Waals surface area contributed by atoms with Gasteiger partial charge in [0.1, 0.15) is 6.04 Å². The molecule has 4 nitrogen and oxygen atoms in total. The molecule has 0 saturated heterocycles. The third kappa shape index (κ3) is 8.35. The number of carbonyl (C=O) groups excluding carboxylic acids is 2. The molecular weight excluding hydrogens is 455 g/mol. The van der Waals surface area contributed by atoms with E-state index in [1.54, 1.807) is 24.0 Å². The summed E-state index contributed by atoms with van der Waals surface area (Å²) in [4.78, 5) is 27.6. The van der Waals surface area contributed by atoms with Gasteiger partial charge in [-0.1, -0.05) is 87.6 Å². The Bertz CT molecular complexity index is 936. The van der Waals surface area contributed by atoms with Crippen LogP contribution in [0.5, 0.6) is 0 Å². The lowest BCUT2D eigenvalue weighted by Gasteiger charge is -2.29. The molecule has 0 saturated carbocycles. The van der Waals surface area contributed by atoms with Gasteiger partial charge in [-0.05, 0) is 54.0 Å². The quantitative estimate of drug-likeness (QED) is 0.383. The van der Waals surface area contributed by atoms with Gasteiger partial charge in [-0.3, -0.25) is 9.59 Å². The summed E-state index contributed by atoms with van der Waals surface area (Å²) >= 11 is 12.2. The number of hydrogen-bond donors (Lipinski definition) is 1. The second-order valence-corrected chi connectivity index (χ2v) is 10.4. The molecule has 6 heteroatoms. The number of nitrogens with zero attached hydrogens (tertiary/aromatic N) is 1. The standard InChI is InChI=1S/C27H36Cl2N2O2/c1-6-7-16-30-26(33)19(2)31(18-21-10-14-23(28)24(29)17-21)25(32)15-11-20-8-12-22(13-9-20)27(3,4)5/h8-10,12-14,17,19H,6-7,11,15-16,18H2,1-5H3,(H,30,33). The Hall–Kier alpha value is -2.04. The predicted octanol–water partition coefficient (Wildman–Crippen LogP) is 6.56. The van der Waals surface area contributed by atoms with Crippen LogP contribution in [0.2, 0.25) is 10.0 Å². The summed E-state index contributed by atoms with van der Waals surface area (Å²) < 4.78 is 0. The molecule has 1 unspecified atom stereocenters. The highest BCUT2D eigenvalue weighted by molar-refractivity contribution is 6.42. The third-order valence-corrected chi connectivity index (χ3v) is 6.52. The fourth-order valence-corrected chi connectivity index (χ4v) is 3.84. The zero-order valence-corrected chi connectivity index (χ0v) is 21.9. The maximum absolute atomic E-state index is 13.3. The predicted molar refractivity (Wildman–Crippen MR) is 138 cm³/mol. The van der Waals surface area contributed by atoms with Crippen molar-refractivity contribution < 1.29 is 9.59 Å². The average molecular weight is 492 g/mol. The van der Waals surface area contributed by atoms with Gasteiger partial charge in [-0.2, -0.15) is 0 Å². The van der Waals surface area contributed by atoms with E-state index in [-0.39, 0.29) is 17.2 Å². The molecule has 2 rings (SSSR count). The van der Waals surface area contributed by atoms with Gasteiger partial charge in [0.05, 0.1) is 10.0 Å². The molecule has 0 aliphatic heterocycles. The fraction of sp³-hybridized carbons (Fsp3) is 0.481. The van der Waals surface area contributed by atoms with Gasteiger partial charge in [0.15, 0.2) is 0 Å². The lowest BCUT2D eigenvalue weighted by molar-refractivity contribution is -0.140. The molecule has 0 heterocycles. The first-order chi connectivity index (χ1) is 15.5. The number of benzene rings is 2. The molecule has 0 aliphatic carbocycles. The first-order valence-electron chi connectivity index (χ1n) is 11.6. The number of hydrogen-bond acceptors (Lipinski definition) is 2. The minimum atomic E-state index is -0.591. The molecule has 1 N–H and O–H groups in total. The van der Waals surface area contributed by atoms with Crippen LogP contribution in [0.25, 0.3) is 0 Å². The highest BCUT2D eigenvalue weighted by Gasteiger charge is 2.26. The van der Waals surface area contributed by atoms with Gasteiger partial charge in [-0.15, -0.1) is 0 Å². The normalized spacial score (nSPS) is 12.3. The topological polar surface area (TPSA) is 49.4 Å². The van der Waals surface area contributed by atoms with Crippen molar-refractivity contribution in [1.29, 1.82) is 0 Å². The second-order valence-electron chi connectivity index (χ2n) is 9.54. The van der Waals surface area contributed by atoms with E-state index in [9.17, 15) is 9.59 Å². The van der Waals surface area contributed by atoms with Crippen molar-refractivity contribution >= 4 is 35.0 Å². The summed E-state index contributed by atoms with van der Waals surface area (Å²) in [6, 6.07) is 13.1. The number of unbranched alkanes of at least 4 members (excludes halogenated alkanes) is 1. The van der Waals surface area contributed by atoms with Crippen molar-refractivity contribution in [2.24, 2.45) is 0 Å². The highest BCUT2D eigenvalue weighted by atomic mass is 35.5. The van der Waals surface area contributed by atoms with Crippen LogP contribution in [0.4, 0.5) is 0 Å². The molecular formula is C27H36Cl2N2O2. The summed E-state index contributed by atoms with van der Waals surface area (Å²) in [5, 5.41) is 3.83. The van der Waals surface area contributed by atoms with E-state index in [1.165, 1.54) is 5.56 Å². The SMILES string of the molecule is CCCCNC(=O)C(C)N(Cc1ccc(Cl)c(Cl)c1)C(=O)CCc1ccc(C(C)(C)C)cc1. The number of aryl methyl sites for hydroxylation is 1. The molecule has 180 valence electrons. The number of amides is 2. The molecule has 33 heavy (non-hydrogen) atoms. The molecule has 0 aromatic heterocycles. The summed E-state index contributed by atoms with van der Waals surface area (Å²) in [7, 11) is 0. The summed E-state index contributed by atoms with van der Waals surface area (Å²) in [6.07, 6.45) is 2.84. The van der Waals surface area contributed by atoms with Crippen molar-refractivity contribution in [3.05, 3.63) is 69.2 Å². The third-order valence-electron chi connectivity index (χ3n) is 5.78. The lowest BCUT2D eigenvalue weighted by atomic mass is 9.86. The van der Waals surface area contributed by atoms with E-state index in [0.717, 1.165) is 24.0 Å². The fourth-order valence-electron chi connectivity index (χ4n) is 3.52. The smallest absolute Gasteiger partial charge is 0.242 e. The van der Waals surface area contributed by atoms with Gasteiger partial charge in [0.2, 0.25) is 11.8 Å².